The fraction of sp³-hybridized carbons (Fsp3) is 0.321. The van der Waals surface area contributed by atoms with E-state index in [1.165, 1.54) is 18.2 Å². The smallest absolute Gasteiger partial charge is 0.310 e. The van der Waals surface area contributed by atoms with Crippen LogP contribution in [-0.2, 0) is 16.0 Å². The number of para-hydroxylation sites is 1. The lowest BCUT2D eigenvalue weighted by Gasteiger charge is -2.39. The van der Waals surface area contributed by atoms with E-state index in [0.717, 1.165) is 49.1 Å². The Balaban J connectivity index is 1.34. The van der Waals surface area contributed by atoms with Crippen LogP contribution in [0.15, 0.2) is 78.9 Å². The van der Waals surface area contributed by atoms with Crippen molar-refractivity contribution < 1.29 is 14.3 Å². The van der Waals surface area contributed by atoms with Gasteiger partial charge in [0.15, 0.2) is 0 Å². The molecule has 4 rings (SSSR count). The molecule has 1 aliphatic heterocycles. The van der Waals surface area contributed by atoms with E-state index in [-0.39, 0.29) is 18.4 Å². The van der Waals surface area contributed by atoms with Crippen LogP contribution in [0.25, 0.3) is 0 Å². The van der Waals surface area contributed by atoms with Crippen LogP contribution in [-0.4, -0.2) is 62.2 Å². The van der Waals surface area contributed by atoms with Crippen molar-refractivity contribution in [2.75, 3.05) is 46.4 Å². The molecule has 1 saturated heterocycles. The van der Waals surface area contributed by atoms with E-state index in [9.17, 15) is 4.79 Å². The molecule has 178 valence electrons. The molecule has 0 bridgehead atoms. The van der Waals surface area contributed by atoms with Crippen LogP contribution in [0.3, 0.4) is 0 Å². The zero-order valence-electron chi connectivity index (χ0n) is 19.5. The van der Waals surface area contributed by atoms with Crippen molar-refractivity contribution in [2.45, 2.75) is 12.5 Å². The van der Waals surface area contributed by atoms with Gasteiger partial charge in [0, 0.05) is 43.3 Å². The summed E-state index contributed by atoms with van der Waals surface area (Å²) in [4.78, 5) is 16.6. The molecule has 0 aliphatic carbocycles. The molecule has 1 heterocycles. The summed E-state index contributed by atoms with van der Waals surface area (Å²) in [5.74, 6) is 0.485. The Kier molecular flexibility index (Phi) is 8.58. The van der Waals surface area contributed by atoms with Gasteiger partial charge in [0.2, 0.25) is 0 Å². The van der Waals surface area contributed by atoms with Gasteiger partial charge in [0.25, 0.3) is 0 Å². The first-order valence-electron chi connectivity index (χ1n) is 11.7. The number of ether oxygens (including phenoxy) is 2. The molecule has 1 unspecified atom stereocenters. The Labute approximate surface area is 206 Å². The van der Waals surface area contributed by atoms with Gasteiger partial charge in [0.1, 0.15) is 12.4 Å². The monoisotopic (exact) mass is 478 g/mol. The summed E-state index contributed by atoms with van der Waals surface area (Å²) in [6.07, 6.45) is 0.219. The van der Waals surface area contributed by atoms with Gasteiger partial charge < -0.3 is 9.47 Å². The number of rotatable bonds is 9. The van der Waals surface area contributed by atoms with E-state index in [0.29, 0.717) is 6.61 Å². The number of benzene rings is 3. The van der Waals surface area contributed by atoms with Gasteiger partial charge in [0.05, 0.1) is 19.6 Å². The Morgan fingerprint density at radius 3 is 2.24 bits per heavy atom. The number of hydrogen-bond acceptors (Lipinski definition) is 5. The molecule has 3 aromatic rings. The molecule has 0 saturated carbocycles. The molecule has 34 heavy (non-hydrogen) atoms. The zero-order chi connectivity index (χ0) is 23.8. The maximum Gasteiger partial charge on any atom is 0.310 e. The number of methoxy groups -OCH3 is 1. The number of piperazine rings is 1. The SMILES string of the molecule is COC(=O)Cc1ccccc1OCCN1CCN(C(c2ccccc2)c2ccc(Cl)cc2)CC1. The Bertz CT molecular complexity index is 1050. The highest BCUT2D eigenvalue weighted by molar-refractivity contribution is 6.30. The standard InChI is InChI=1S/C28H31ClN2O3/c1-33-27(32)21-24-9-5-6-10-26(24)34-20-19-30-15-17-31(18-16-30)28(22-7-3-2-4-8-22)23-11-13-25(29)14-12-23/h2-14,28H,15-21H2,1H3. The molecule has 0 aromatic heterocycles. The molecule has 0 radical (unpaired) electrons. The summed E-state index contributed by atoms with van der Waals surface area (Å²) in [6, 6.07) is 26.7. The van der Waals surface area contributed by atoms with Gasteiger partial charge in [-0.1, -0.05) is 72.3 Å². The summed E-state index contributed by atoms with van der Waals surface area (Å²) < 4.78 is 10.8. The average molecular weight is 479 g/mol. The predicted octanol–water partition coefficient (Wildman–Crippen LogP) is 4.84. The molecule has 1 atom stereocenters. The third-order valence-electron chi connectivity index (χ3n) is 6.27. The van der Waals surface area contributed by atoms with Crippen LogP contribution in [0.4, 0.5) is 0 Å². The van der Waals surface area contributed by atoms with Crippen molar-refractivity contribution in [3.05, 3.63) is 101 Å². The lowest BCUT2D eigenvalue weighted by Crippen LogP contribution is -2.48. The lowest BCUT2D eigenvalue weighted by atomic mass is 9.96. The number of hydrogen-bond donors (Lipinski definition) is 0. The average Bonchev–Trinajstić information content (AvgIpc) is 2.88. The van der Waals surface area contributed by atoms with Gasteiger partial charge >= 0.3 is 5.97 Å². The van der Waals surface area contributed by atoms with Gasteiger partial charge in [-0.05, 0) is 29.3 Å². The number of carbonyl (C=O) groups is 1. The molecule has 0 amide bonds. The van der Waals surface area contributed by atoms with Crippen molar-refractivity contribution >= 4 is 17.6 Å². The van der Waals surface area contributed by atoms with E-state index in [1.54, 1.807) is 0 Å². The van der Waals surface area contributed by atoms with Crippen molar-refractivity contribution in [2.24, 2.45) is 0 Å². The summed E-state index contributed by atoms with van der Waals surface area (Å²) in [7, 11) is 1.40. The third-order valence-corrected chi connectivity index (χ3v) is 6.53. The molecule has 0 spiro atoms. The molecule has 3 aromatic carbocycles. The normalized spacial score (nSPS) is 15.6. The molecular weight excluding hydrogens is 448 g/mol. The second-order valence-corrected chi connectivity index (χ2v) is 8.89. The first kappa shape index (κ1) is 24.3. The van der Waals surface area contributed by atoms with Crippen LogP contribution < -0.4 is 4.74 Å². The first-order valence-corrected chi connectivity index (χ1v) is 12.1. The summed E-state index contributed by atoms with van der Waals surface area (Å²) >= 11 is 6.15. The van der Waals surface area contributed by atoms with Crippen molar-refractivity contribution in [3.63, 3.8) is 0 Å². The topological polar surface area (TPSA) is 42.0 Å². The number of halogens is 1. The van der Waals surface area contributed by atoms with E-state index in [4.69, 9.17) is 21.1 Å². The molecule has 1 aliphatic rings. The van der Waals surface area contributed by atoms with Crippen LogP contribution in [0.2, 0.25) is 5.02 Å². The third kappa shape index (κ3) is 6.38. The Morgan fingerprint density at radius 1 is 0.882 bits per heavy atom. The van der Waals surface area contributed by atoms with Gasteiger partial charge in [-0.2, -0.15) is 0 Å². The molecule has 0 N–H and O–H groups in total. The first-order chi connectivity index (χ1) is 16.6. The quantitative estimate of drug-likeness (QED) is 0.411. The number of esters is 1. The molecule has 6 heteroatoms. The second-order valence-electron chi connectivity index (χ2n) is 8.45. The second kappa shape index (κ2) is 12.0. The fourth-order valence-electron chi connectivity index (χ4n) is 4.44. The van der Waals surface area contributed by atoms with E-state index >= 15 is 0 Å². The summed E-state index contributed by atoms with van der Waals surface area (Å²) in [6.45, 7) is 5.32. The minimum atomic E-state index is -0.263. The van der Waals surface area contributed by atoms with E-state index in [1.807, 2.05) is 36.4 Å². The van der Waals surface area contributed by atoms with Crippen molar-refractivity contribution in [1.82, 2.24) is 9.80 Å². The maximum absolute atomic E-state index is 11.7. The van der Waals surface area contributed by atoms with Crippen LogP contribution in [0.1, 0.15) is 22.7 Å². The summed E-state index contributed by atoms with van der Waals surface area (Å²) in [5.41, 5.74) is 3.41. The Hall–Kier alpha value is -2.86. The Morgan fingerprint density at radius 2 is 1.53 bits per heavy atom. The maximum atomic E-state index is 11.7. The highest BCUT2D eigenvalue weighted by atomic mass is 35.5. The largest absolute Gasteiger partial charge is 0.492 e. The highest BCUT2D eigenvalue weighted by Crippen LogP contribution is 2.30. The van der Waals surface area contributed by atoms with E-state index in [2.05, 4.69) is 52.3 Å². The number of carbonyl (C=O) groups excluding carboxylic acids is 1. The van der Waals surface area contributed by atoms with Gasteiger partial charge in [-0.3, -0.25) is 14.6 Å². The lowest BCUT2D eigenvalue weighted by molar-refractivity contribution is -0.139. The summed E-state index contributed by atoms with van der Waals surface area (Å²) in [5, 5.41) is 0.758. The molecule has 5 nitrogen and oxygen atoms in total. The van der Waals surface area contributed by atoms with Crippen LogP contribution in [0.5, 0.6) is 5.75 Å². The van der Waals surface area contributed by atoms with Crippen molar-refractivity contribution in [1.29, 1.82) is 0 Å². The highest BCUT2D eigenvalue weighted by Gasteiger charge is 2.26. The minimum absolute atomic E-state index is 0.210. The molecular formula is C28H31ClN2O3. The van der Waals surface area contributed by atoms with Crippen molar-refractivity contribution in [3.8, 4) is 5.75 Å². The van der Waals surface area contributed by atoms with Gasteiger partial charge in [-0.25, -0.2) is 0 Å². The fourth-order valence-corrected chi connectivity index (χ4v) is 4.57. The molecule has 1 fully saturated rings. The van der Waals surface area contributed by atoms with Crippen LogP contribution in [0, 0.1) is 0 Å². The predicted molar refractivity (Wildman–Crippen MR) is 135 cm³/mol. The van der Waals surface area contributed by atoms with Crippen LogP contribution >= 0.6 is 11.6 Å². The number of nitrogens with zero attached hydrogens (tertiary/aromatic N) is 2. The van der Waals surface area contributed by atoms with Gasteiger partial charge in [-0.15, -0.1) is 0 Å². The zero-order valence-corrected chi connectivity index (χ0v) is 20.3. The minimum Gasteiger partial charge on any atom is -0.492 e. The van der Waals surface area contributed by atoms with E-state index < -0.39 is 0 Å².